The highest BCUT2D eigenvalue weighted by molar-refractivity contribution is 5.90. The van der Waals surface area contributed by atoms with Crippen LogP contribution >= 0.6 is 0 Å². The molecule has 0 bridgehead atoms. The summed E-state index contributed by atoms with van der Waals surface area (Å²) in [4.78, 5) is 25.6. The van der Waals surface area contributed by atoms with Crippen molar-refractivity contribution < 1.29 is 19.2 Å². The van der Waals surface area contributed by atoms with Crippen molar-refractivity contribution >= 4 is 17.4 Å². The number of non-ortho nitro benzene ring substituents is 1. The van der Waals surface area contributed by atoms with Crippen molar-refractivity contribution in [2.24, 2.45) is 0 Å². The first-order chi connectivity index (χ1) is 14.0. The number of amides is 2. The maximum Gasteiger partial charge on any atom is 0.319 e. The topological polar surface area (TPSA) is 106 Å². The molecule has 2 amide bonds. The molecule has 0 unspecified atom stereocenters. The van der Waals surface area contributed by atoms with Crippen molar-refractivity contribution in [2.45, 2.75) is 44.2 Å². The van der Waals surface area contributed by atoms with E-state index < -0.39 is 4.92 Å². The lowest BCUT2D eigenvalue weighted by molar-refractivity contribution is -0.384. The van der Waals surface area contributed by atoms with E-state index in [1.165, 1.54) is 38.5 Å². The van der Waals surface area contributed by atoms with E-state index in [1.54, 1.807) is 6.07 Å². The van der Waals surface area contributed by atoms with Crippen LogP contribution in [0, 0.1) is 10.1 Å². The van der Waals surface area contributed by atoms with E-state index in [1.807, 2.05) is 0 Å². The Morgan fingerprint density at radius 1 is 1.28 bits per heavy atom. The number of nitro groups is 1. The standard InChI is InChI=1S/C20H30N4O5/c1-28-14-16-13-17(24(26)27)5-6-18(16)22-19(25)21-15-20(7-3-2-4-8-20)23-9-11-29-12-10-23/h5-6,13H,2-4,7-12,14-15H2,1H3,(H2,21,22,25). The van der Waals surface area contributed by atoms with Gasteiger partial charge in [0, 0.05) is 55.7 Å². The summed E-state index contributed by atoms with van der Waals surface area (Å²) in [5.74, 6) is 0. The Morgan fingerprint density at radius 3 is 2.66 bits per heavy atom. The average molecular weight is 406 g/mol. The van der Waals surface area contributed by atoms with E-state index in [4.69, 9.17) is 9.47 Å². The van der Waals surface area contributed by atoms with E-state index in [-0.39, 0.29) is 23.9 Å². The van der Waals surface area contributed by atoms with Crippen molar-refractivity contribution in [3.05, 3.63) is 33.9 Å². The number of nitro benzene ring substituents is 1. The molecule has 9 heteroatoms. The number of nitrogens with zero attached hydrogens (tertiary/aromatic N) is 2. The zero-order chi connectivity index (χ0) is 20.7. The number of ether oxygens (including phenoxy) is 2. The van der Waals surface area contributed by atoms with Gasteiger partial charge in [-0.15, -0.1) is 0 Å². The second kappa shape index (κ2) is 10.00. The van der Waals surface area contributed by atoms with Gasteiger partial charge in [-0.25, -0.2) is 4.79 Å². The summed E-state index contributed by atoms with van der Waals surface area (Å²) < 4.78 is 10.6. The molecule has 2 N–H and O–H groups in total. The Morgan fingerprint density at radius 2 is 2.00 bits per heavy atom. The van der Waals surface area contributed by atoms with Gasteiger partial charge in [0.2, 0.25) is 0 Å². The molecule has 1 aliphatic carbocycles. The third kappa shape index (κ3) is 5.43. The molecule has 1 aromatic rings. The smallest absolute Gasteiger partial charge is 0.319 e. The lowest BCUT2D eigenvalue weighted by atomic mass is 9.80. The fraction of sp³-hybridized carbons (Fsp3) is 0.650. The Bertz CT molecular complexity index is 715. The van der Waals surface area contributed by atoms with Gasteiger partial charge < -0.3 is 20.1 Å². The Hall–Kier alpha value is -2.23. The van der Waals surface area contributed by atoms with Gasteiger partial charge >= 0.3 is 6.03 Å². The summed E-state index contributed by atoms with van der Waals surface area (Å²) in [5.41, 5.74) is 1.03. The molecule has 2 fully saturated rings. The Kier molecular flexibility index (Phi) is 7.40. The van der Waals surface area contributed by atoms with E-state index >= 15 is 0 Å². The van der Waals surface area contributed by atoms with Crippen molar-refractivity contribution in [3.8, 4) is 0 Å². The monoisotopic (exact) mass is 406 g/mol. The summed E-state index contributed by atoms with van der Waals surface area (Å²) in [6.07, 6.45) is 5.71. The lowest BCUT2D eigenvalue weighted by Gasteiger charge is -2.48. The van der Waals surface area contributed by atoms with Crippen LogP contribution in [0.15, 0.2) is 18.2 Å². The largest absolute Gasteiger partial charge is 0.380 e. The van der Waals surface area contributed by atoms with Gasteiger partial charge in [-0.3, -0.25) is 15.0 Å². The van der Waals surface area contributed by atoms with Crippen LogP contribution in [0.25, 0.3) is 0 Å². The van der Waals surface area contributed by atoms with Gasteiger partial charge in [0.25, 0.3) is 5.69 Å². The van der Waals surface area contributed by atoms with Gasteiger partial charge in [-0.2, -0.15) is 0 Å². The first-order valence-corrected chi connectivity index (χ1v) is 10.2. The number of hydrogen-bond acceptors (Lipinski definition) is 6. The van der Waals surface area contributed by atoms with Crippen LogP contribution in [0.3, 0.4) is 0 Å². The molecule has 0 spiro atoms. The first kappa shape index (κ1) is 21.5. The maximum absolute atomic E-state index is 12.6. The Labute approximate surface area is 170 Å². The number of anilines is 1. The summed E-state index contributed by atoms with van der Waals surface area (Å²) in [6.45, 7) is 4.00. The number of benzene rings is 1. The lowest BCUT2D eigenvalue weighted by Crippen LogP contribution is -2.60. The fourth-order valence-corrected chi connectivity index (χ4v) is 4.35. The Balaban J connectivity index is 1.65. The SMILES string of the molecule is COCc1cc([N+](=O)[O-])ccc1NC(=O)NCC1(N2CCOCC2)CCCCC1. The zero-order valence-electron chi connectivity index (χ0n) is 16.9. The molecular weight excluding hydrogens is 376 g/mol. The minimum atomic E-state index is -0.460. The maximum atomic E-state index is 12.6. The van der Waals surface area contributed by atoms with Crippen LogP contribution in [0.2, 0.25) is 0 Å². The molecule has 1 heterocycles. The minimum absolute atomic E-state index is 0.0236. The molecule has 1 aliphatic heterocycles. The predicted molar refractivity (Wildman–Crippen MR) is 109 cm³/mol. The van der Waals surface area contributed by atoms with E-state index in [0.717, 1.165) is 39.1 Å². The number of methoxy groups -OCH3 is 1. The molecule has 0 aromatic heterocycles. The number of carbonyl (C=O) groups excluding carboxylic acids is 1. The average Bonchev–Trinajstić information content (AvgIpc) is 2.75. The van der Waals surface area contributed by atoms with Crippen LogP contribution in [0.4, 0.5) is 16.2 Å². The van der Waals surface area contributed by atoms with Crippen LogP contribution in [-0.4, -0.2) is 61.4 Å². The summed E-state index contributed by atoms with van der Waals surface area (Å²) in [7, 11) is 1.51. The molecule has 0 atom stereocenters. The molecule has 1 saturated carbocycles. The predicted octanol–water partition coefficient (Wildman–Crippen LogP) is 2.90. The highest BCUT2D eigenvalue weighted by Gasteiger charge is 2.38. The number of nitrogens with one attached hydrogen (secondary N) is 2. The number of hydrogen-bond donors (Lipinski definition) is 2. The van der Waals surface area contributed by atoms with E-state index in [2.05, 4.69) is 15.5 Å². The summed E-state index contributed by atoms with van der Waals surface area (Å²) in [6, 6.07) is 4.04. The van der Waals surface area contributed by atoms with E-state index in [9.17, 15) is 14.9 Å². The number of urea groups is 1. The van der Waals surface area contributed by atoms with Crippen molar-refractivity contribution in [3.63, 3.8) is 0 Å². The molecule has 1 saturated heterocycles. The number of rotatable bonds is 7. The fourth-order valence-electron chi connectivity index (χ4n) is 4.35. The van der Waals surface area contributed by atoms with Gasteiger partial charge in [-0.1, -0.05) is 19.3 Å². The molecular formula is C20H30N4O5. The minimum Gasteiger partial charge on any atom is -0.380 e. The van der Waals surface area contributed by atoms with Crippen LogP contribution in [-0.2, 0) is 16.1 Å². The molecule has 3 rings (SSSR count). The first-order valence-electron chi connectivity index (χ1n) is 10.2. The molecule has 160 valence electrons. The molecule has 9 nitrogen and oxygen atoms in total. The molecule has 2 aliphatic rings. The third-order valence-electron chi connectivity index (χ3n) is 5.89. The second-order valence-corrected chi connectivity index (χ2v) is 7.72. The van der Waals surface area contributed by atoms with E-state index in [0.29, 0.717) is 17.8 Å². The molecule has 0 radical (unpaired) electrons. The summed E-state index contributed by atoms with van der Waals surface area (Å²) in [5, 5.41) is 16.9. The molecule has 29 heavy (non-hydrogen) atoms. The summed E-state index contributed by atoms with van der Waals surface area (Å²) >= 11 is 0. The number of carbonyl (C=O) groups is 1. The van der Waals surface area contributed by atoms with Crippen LogP contribution in [0.5, 0.6) is 0 Å². The normalized spacial score (nSPS) is 19.5. The highest BCUT2D eigenvalue weighted by Crippen LogP contribution is 2.34. The second-order valence-electron chi connectivity index (χ2n) is 7.72. The quantitative estimate of drug-likeness (QED) is 0.533. The number of morpholine rings is 1. The molecule has 1 aromatic carbocycles. The van der Waals surface area contributed by atoms with Gasteiger partial charge in [0.05, 0.1) is 24.7 Å². The highest BCUT2D eigenvalue weighted by atomic mass is 16.6. The van der Waals surface area contributed by atoms with Gasteiger partial charge in [0.1, 0.15) is 0 Å². The van der Waals surface area contributed by atoms with Crippen LogP contribution < -0.4 is 10.6 Å². The third-order valence-corrected chi connectivity index (χ3v) is 5.89. The van der Waals surface area contributed by atoms with Crippen molar-refractivity contribution in [1.82, 2.24) is 10.2 Å². The van der Waals surface area contributed by atoms with Crippen molar-refractivity contribution in [2.75, 3.05) is 45.3 Å². The zero-order valence-corrected chi connectivity index (χ0v) is 16.9. The van der Waals surface area contributed by atoms with Gasteiger partial charge in [0.15, 0.2) is 0 Å². The van der Waals surface area contributed by atoms with Gasteiger partial charge in [-0.05, 0) is 18.9 Å². The van der Waals surface area contributed by atoms with Crippen molar-refractivity contribution in [1.29, 1.82) is 0 Å². The van der Waals surface area contributed by atoms with Crippen LogP contribution in [0.1, 0.15) is 37.7 Å².